The summed E-state index contributed by atoms with van der Waals surface area (Å²) in [5, 5.41) is 0. The number of hydrogen-bond donors (Lipinski definition) is 0. The first-order chi connectivity index (χ1) is 10.0. The minimum Gasteiger partial charge on any atom is -0.496 e. The highest BCUT2D eigenvalue weighted by Gasteiger charge is 2.11. The van der Waals surface area contributed by atoms with E-state index in [4.69, 9.17) is 9.47 Å². The van der Waals surface area contributed by atoms with E-state index in [1.165, 1.54) is 0 Å². The Bertz CT molecular complexity index is 627. The maximum absolute atomic E-state index is 12.5. The Kier molecular flexibility index (Phi) is 4.63. The van der Waals surface area contributed by atoms with Crippen LogP contribution >= 0.6 is 0 Å². The molecular weight excluding hydrogens is 264 g/mol. The third-order valence-electron chi connectivity index (χ3n) is 3.16. The summed E-state index contributed by atoms with van der Waals surface area (Å²) in [4.78, 5) is 12.5. The van der Waals surface area contributed by atoms with Crippen molar-refractivity contribution >= 4 is 5.78 Å². The molecule has 0 bridgehead atoms. The van der Waals surface area contributed by atoms with E-state index in [0.717, 1.165) is 17.1 Å². The van der Waals surface area contributed by atoms with Gasteiger partial charge < -0.3 is 9.47 Å². The zero-order valence-electron chi connectivity index (χ0n) is 12.8. The van der Waals surface area contributed by atoms with Gasteiger partial charge in [-0.1, -0.05) is 12.1 Å². The molecule has 0 radical (unpaired) electrons. The second-order valence-electron chi connectivity index (χ2n) is 5.20. The van der Waals surface area contributed by atoms with Gasteiger partial charge in [0.25, 0.3) is 0 Å². The standard InChI is InChI=1S/C18H20O3/c1-12(2)21-16-9-7-14(8-10-16)18(19)15-6-5-13(3)17(11-15)20-4/h5-12H,1-4H3. The predicted octanol–water partition coefficient (Wildman–Crippen LogP) is 4.02. The first-order valence-electron chi connectivity index (χ1n) is 6.97. The smallest absolute Gasteiger partial charge is 0.193 e. The molecule has 0 saturated carbocycles. The third-order valence-corrected chi connectivity index (χ3v) is 3.16. The van der Waals surface area contributed by atoms with Gasteiger partial charge in [-0.2, -0.15) is 0 Å². The molecule has 110 valence electrons. The molecule has 3 heteroatoms. The van der Waals surface area contributed by atoms with E-state index >= 15 is 0 Å². The number of ether oxygens (including phenoxy) is 2. The van der Waals surface area contributed by atoms with E-state index in [2.05, 4.69) is 0 Å². The number of aryl methyl sites for hydroxylation is 1. The normalized spacial score (nSPS) is 10.5. The molecule has 0 aliphatic heterocycles. The highest BCUT2D eigenvalue weighted by atomic mass is 16.5. The van der Waals surface area contributed by atoms with Crippen molar-refractivity contribution < 1.29 is 14.3 Å². The SMILES string of the molecule is COc1cc(C(=O)c2ccc(OC(C)C)cc2)ccc1C. The number of ketones is 1. The van der Waals surface area contributed by atoms with Crippen molar-refractivity contribution in [2.45, 2.75) is 26.9 Å². The van der Waals surface area contributed by atoms with Gasteiger partial charge >= 0.3 is 0 Å². The van der Waals surface area contributed by atoms with E-state index in [1.807, 2.05) is 45.0 Å². The lowest BCUT2D eigenvalue weighted by atomic mass is 10.0. The van der Waals surface area contributed by atoms with Gasteiger partial charge in [0.15, 0.2) is 5.78 Å². The molecule has 0 heterocycles. The van der Waals surface area contributed by atoms with E-state index in [0.29, 0.717) is 11.1 Å². The number of rotatable bonds is 5. The fourth-order valence-electron chi connectivity index (χ4n) is 2.08. The van der Waals surface area contributed by atoms with Crippen LogP contribution in [-0.2, 0) is 0 Å². The Morgan fingerprint density at radius 2 is 1.62 bits per heavy atom. The lowest BCUT2D eigenvalue weighted by Crippen LogP contribution is -2.06. The lowest BCUT2D eigenvalue weighted by Gasteiger charge is -2.10. The first kappa shape index (κ1) is 15.1. The number of carbonyl (C=O) groups is 1. The Morgan fingerprint density at radius 1 is 1.00 bits per heavy atom. The number of benzene rings is 2. The van der Waals surface area contributed by atoms with Crippen molar-refractivity contribution in [1.82, 2.24) is 0 Å². The van der Waals surface area contributed by atoms with Crippen LogP contribution in [0.5, 0.6) is 11.5 Å². The quantitative estimate of drug-likeness (QED) is 0.778. The topological polar surface area (TPSA) is 35.5 Å². The van der Waals surface area contributed by atoms with Gasteiger partial charge in [0, 0.05) is 11.1 Å². The highest BCUT2D eigenvalue weighted by molar-refractivity contribution is 6.09. The second kappa shape index (κ2) is 6.44. The maximum atomic E-state index is 12.5. The van der Waals surface area contributed by atoms with Crippen molar-refractivity contribution in [1.29, 1.82) is 0 Å². The summed E-state index contributed by atoms with van der Waals surface area (Å²) in [6.07, 6.45) is 0.118. The molecule has 21 heavy (non-hydrogen) atoms. The Hall–Kier alpha value is -2.29. The molecule has 2 aromatic rings. The number of carbonyl (C=O) groups excluding carboxylic acids is 1. The van der Waals surface area contributed by atoms with E-state index in [-0.39, 0.29) is 11.9 Å². The van der Waals surface area contributed by atoms with E-state index in [9.17, 15) is 4.79 Å². The molecule has 3 nitrogen and oxygen atoms in total. The summed E-state index contributed by atoms with van der Waals surface area (Å²) < 4.78 is 10.8. The Balaban J connectivity index is 2.23. The van der Waals surface area contributed by atoms with Gasteiger partial charge in [-0.25, -0.2) is 0 Å². The Labute approximate surface area is 125 Å². The molecule has 0 amide bonds. The van der Waals surface area contributed by atoms with Crippen LogP contribution in [0.3, 0.4) is 0 Å². The van der Waals surface area contributed by atoms with E-state index < -0.39 is 0 Å². The van der Waals surface area contributed by atoms with Crippen molar-refractivity contribution in [3.8, 4) is 11.5 Å². The summed E-state index contributed by atoms with van der Waals surface area (Å²) in [5.41, 5.74) is 2.27. The molecule has 0 N–H and O–H groups in total. The van der Waals surface area contributed by atoms with Gasteiger partial charge in [-0.3, -0.25) is 4.79 Å². The Morgan fingerprint density at radius 3 is 2.19 bits per heavy atom. The molecule has 0 unspecified atom stereocenters. The average molecular weight is 284 g/mol. The summed E-state index contributed by atoms with van der Waals surface area (Å²) in [5.74, 6) is 1.47. The molecule has 0 aliphatic carbocycles. The summed E-state index contributed by atoms with van der Waals surface area (Å²) >= 11 is 0. The maximum Gasteiger partial charge on any atom is 0.193 e. The first-order valence-corrected chi connectivity index (χ1v) is 6.97. The zero-order chi connectivity index (χ0) is 15.4. The van der Waals surface area contributed by atoms with Gasteiger partial charge in [-0.05, 0) is 56.7 Å². The van der Waals surface area contributed by atoms with Gasteiger partial charge in [0.2, 0.25) is 0 Å². The molecule has 0 fully saturated rings. The monoisotopic (exact) mass is 284 g/mol. The molecular formula is C18H20O3. The zero-order valence-corrected chi connectivity index (χ0v) is 12.8. The molecule has 0 aromatic heterocycles. The van der Waals surface area contributed by atoms with Crippen molar-refractivity contribution in [2.24, 2.45) is 0 Å². The van der Waals surface area contributed by atoms with Crippen molar-refractivity contribution in [3.05, 3.63) is 59.2 Å². The van der Waals surface area contributed by atoms with Crippen LogP contribution < -0.4 is 9.47 Å². The second-order valence-corrected chi connectivity index (χ2v) is 5.20. The minimum atomic E-state index is -0.0237. The van der Waals surface area contributed by atoms with Crippen LogP contribution in [0.2, 0.25) is 0 Å². The number of methoxy groups -OCH3 is 1. The summed E-state index contributed by atoms with van der Waals surface area (Å²) in [6.45, 7) is 5.89. The summed E-state index contributed by atoms with van der Waals surface area (Å²) in [7, 11) is 1.61. The lowest BCUT2D eigenvalue weighted by molar-refractivity contribution is 0.103. The van der Waals surface area contributed by atoms with Crippen LogP contribution in [0.1, 0.15) is 35.3 Å². The molecule has 2 rings (SSSR count). The van der Waals surface area contributed by atoms with Crippen LogP contribution in [-0.4, -0.2) is 19.0 Å². The van der Waals surface area contributed by atoms with Crippen LogP contribution in [0.25, 0.3) is 0 Å². The highest BCUT2D eigenvalue weighted by Crippen LogP contribution is 2.22. The fraction of sp³-hybridized carbons (Fsp3) is 0.278. The van der Waals surface area contributed by atoms with Crippen molar-refractivity contribution in [2.75, 3.05) is 7.11 Å². The molecule has 0 saturated heterocycles. The van der Waals surface area contributed by atoms with Gasteiger partial charge in [-0.15, -0.1) is 0 Å². The minimum absolute atomic E-state index is 0.0237. The molecule has 0 spiro atoms. The molecule has 0 aliphatic rings. The van der Waals surface area contributed by atoms with Crippen LogP contribution in [0.4, 0.5) is 0 Å². The summed E-state index contributed by atoms with van der Waals surface area (Å²) in [6, 6.07) is 12.7. The van der Waals surface area contributed by atoms with Crippen molar-refractivity contribution in [3.63, 3.8) is 0 Å². The molecule has 0 atom stereocenters. The van der Waals surface area contributed by atoms with Crippen LogP contribution in [0.15, 0.2) is 42.5 Å². The predicted molar refractivity (Wildman–Crippen MR) is 83.4 cm³/mol. The largest absolute Gasteiger partial charge is 0.496 e. The average Bonchev–Trinajstić information content (AvgIpc) is 2.47. The number of hydrogen-bond acceptors (Lipinski definition) is 3. The van der Waals surface area contributed by atoms with Gasteiger partial charge in [0.05, 0.1) is 13.2 Å². The molecule has 2 aromatic carbocycles. The van der Waals surface area contributed by atoms with Crippen LogP contribution in [0, 0.1) is 6.92 Å². The van der Waals surface area contributed by atoms with Gasteiger partial charge in [0.1, 0.15) is 11.5 Å². The fourth-order valence-corrected chi connectivity index (χ4v) is 2.08. The van der Waals surface area contributed by atoms with E-state index in [1.54, 1.807) is 25.3 Å². The third kappa shape index (κ3) is 3.63.